The van der Waals surface area contributed by atoms with Gasteiger partial charge < -0.3 is 10.8 Å². The lowest BCUT2D eigenvalue weighted by atomic mass is 9.98. The van der Waals surface area contributed by atoms with Crippen LogP contribution in [0, 0.1) is 5.92 Å². The Bertz CT molecular complexity index is 936. The highest BCUT2D eigenvalue weighted by Crippen LogP contribution is 2.56. The zero-order chi connectivity index (χ0) is 17.4. The van der Waals surface area contributed by atoms with Crippen LogP contribution < -0.4 is 5.73 Å². The number of nitrogens with zero attached hydrogens (tertiary/aromatic N) is 3. The first kappa shape index (κ1) is 15.8. The summed E-state index contributed by atoms with van der Waals surface area (Å²) in [5.41, 5.74) is 6.20. The molecule has 1 aromatic carbocycles. The molecule has 1 aliphatic carbocycles. The van der Waals surface area contributed by atoms with Gasteiger partial charge in [-0.25, -0.2) is 9.97 Å². The molecule has 6 heteroatoms. The lowest BCUT2D eigenvalue weighted by Crippen LogP contribution is -2.23. The fourth-order valence-corrected chi connectivity index (χ4v) is 3.61. The van der Waals surface area contributed by atoms with E-state index in [0.717, 1.165) is 29.6 Å². The van der Waals surface area contributed by atoms with Crippen LogP contribution >= 0.6 is 0 Å². The third-order valence-corrected chi connectivity index (χ3v) is 5.13. The second-order valence-electron chi connectivity index (χ2n) is 6.64. The van der Waals surface area contributed by atoms with Gasteiger partial charge in [-0.05, 0) is 49.9 Å². The van der Waals surface area contributed by atoms with E-state index >= 15 is 0 Å². The number of carbonyl (C=O) groups is 1. The number of carboxylic acids is 1. The summed E-state index contributed by atoms with van der Waals surface area (Å²) in [6.45, 7) is 0.585. The van der Waals surface area contributed by atoms with E-state index in [0.29, 0.717) is 18.7 Å². The molecule has 3 aromatic rings. The van der Waals surface area contributed by atoms with Gasteiger partial charge in [-0.1, -0.05) is 18.2 Å². The van der Waals surface area contributed by atoms with Gasteiger partial charge in [-0.3, -0.25) is 9.36 Å². The maximum atomic E-state index is 11.9. The second-order valence-corrected chi connectivity index (χ2v) is 6.64. The molecule has 0 unspecified atom stereocenters. The zero-order valence-corrected chi connectivity index (χ0v) is 13.8. The number of hydrogen-bond donors (Lipinski definition) is 2. The first-order chi connectivity index (χ1) is 12.1. The Balaban J connectivity index is 1.66. The molecule has 4 rings (SSSR count). The Morgan fingerprint density at radius 2 is 2.16 bits per heavy atom. The van der Waals surface area contributed by atoms with Crippen LogP contribution in [0.1, 0.15) is 25.0 Å². The van der Waals surface area contributed by atoms with Crippen LogP contribution in [0.3, 0.4) is 0 Å². The number of aromatic nitrogens is 3. The summed E-state index contributed by atoms with van der Waals surface area (Å²) >= 11 is 0. The van der Waals surface area contributed by atoms with E-state index in [9.17, 15) is 9.90 Å². The Labute approximate surface area is 145 Å². The SMILES string of the molecule is NCCC[C@@H]1C[C@@]1(C(=O)O)c1cn(-c2ccc3ccccc3n2)cn1. The molecule has 0 radical (unpaired) electrons. The number of benzene rings is 1. The zero-order valence-electron chi connectivity index (χ0n) is 13.8. The predicted molar refractivity (Wildman–Crippen MR) is 94.6 cm³/mol. The fourth-order valence-electron chi connectivity index (χ4n) is 3.61. The number of para-hydroxylation sites is 1. The second kappa shape index (κ2) is 5.97. The molecule has 1 aliphatic rings. The van der Waals surface area contributed by atoms with Crippen LogP contribution in [-0.2, 0) is 10.2 Å². The number of pyridine rings is 1. The molecule has 1 fully saturated rings. The van der Waals surface area contributed by atoms with Crippen molar-refractivity contribution in [1.29, 1.82) is 0 Å². The summed E-state index contributed by atoms with van der Waals surface area (Å²) in [6, 6.07) is 11.8. The summed E-state index contributed by atoms with van der Waals surface area (Å²) in [7, 11) is 0. The van der Waals surface area contributed by atoms with Crippen LogP contribution in [0.2, 0.25) is 0 Å². The third kappa shape index (κ3) is 2.59. The highest BCUT2D eigenvalue weighted by molar-refractivity contribution is 5.85. The van der Waals surface area contributed by atoms with E-state index in [4.69, 9.17) is 5.73 Å². The van der Waals surface area contributed by atoms with E-state index in [-0.39, 0.29) is 5.92 Å². The van der Waals surface area contributed by atoms with Gasteiger partial charge in [0.05, 0.1) is 11.2 Å². The number of fused-ring (bicyclic) bond motifs is 1. The maximum Gasteiger partial charge on any atom is 0.316 e. The average Bonchev–Trinajstić information content (AvgIpc) is 3.16. The van der Waals surface area contributed by atoms with Gasteiger partial charge >= 0.3 is 5.97 Å². The lowest BCUT2D eigenvalue weighted by molar-refractivity contribution is -0.140. The summed E-state index contributed by atoms with van der Waals surface area (Å²) in [6.07, 6.45) is 5.74. The number of rotatable bonds is 6. The molecule has 0 aliphatic heterocycles. The van der Waals surface area contributed by atoms with Crippen molar-refractivity contribution in [2.75, 3.05) is 6.54 Å². The largest absolute Gasteiger partial charge is 0.481 e. The highest BCUT2D eigenvalue weighted by atomic mass is 16.4. The number of aliphatic carboxylic acids is 1. The van der Waals surface area contributed by atoms with E-state index in [1.807, 2.05) is 36.4 Å². The monoisotopic (exact) mass is 336 g/mol. The number of nitrogens with two attached hydrogens (primary N) is 1. The quantitative estimate of drug-likeness (QED) is 0.721. The molecule has 6 nitrogen and oxygen atoms in total. The van der Waals surface area contributed by atoms with Gasteiger partial charge in [-0.2, -0.15) is 0 Å². The summed E-state index contributed by atoms with van der Waals surface area (Å²) in [4.78, 5) is 20.9. The molecule has 2 aromatic heterocycles. The normalized spacial score (nSPS) is 22.2. The van der Waals surface area contributed by atoms with Crippen molar-refractivity contribution in [3.05, 3.63) is 54.6 Å². The molecule has 2 heterocycles. The highest BCUT2D eigenvalue weighted by Gasteiger charge is 2.62. The first-order valence-corrected chi connectivity index (χ1v) is 8.49. The topological polar surface area (TPSA) is 94.0 Å². The van der Waals surface area contributed by atoms with Gasteiger partial charge in [0.15, 0.2) is 0 Å². The van der Waals surface area contributed by atoms with E-state index < -0.39 is 11.4 Å². The standard InChI is InChI=1S/C19H20N4O2/c20-9-3-5-14-10-19(14,18(24)25)16-11-23(12-21-16)17-8-7-13-4-1-2-6-15(13)22-17/h1-2,4,6-8,11-12,14H,3,5,9-10,20H2,(H,24,25)/t14-,19+/m1/s1. The number of hydrogen-bond acceptors (Lipinski definition) is 4. The Morgan fingerprint density at radius 3 is 2.96 bits per heavy atom. The van der Waals surface area contributed by atoms with Crippen molar-refractivity contribution in [3.63, 3.8) is 0 Å². The number of imidazole rings is 1. The molecule has 0 spiro atoms. The minimum absolute atomic E-state index is 0.112. The van der Waals surface area contributed by atoms with Crippen molar-refractivity contribution in [2.45, 2.75) is 24.7 Å². The summed E-state index contributed by atoms with van der Waals surface area (Å²) in [5, 5.41) is 10.8. The molecular weight excluding hydrogens is 316 g/mol. The molecule has 0 bridgehead atoms. The van der Waals surface area contributed by atoms with Crippen LogP contribution in [0.4, 0.5) is 0 Å². The van der Waals surface area contributed by atoms with Gasteiger partial charge in [-0.15, -0.1) is 0 Å². The van der Waals surface area contributed by atoms with Gasteiger partial charge in [0.2, 0.25) is 0 Å². The van der Waals surface area contributed by atoms with Crippen LogP contribution in [-0.4, -0.2) is 32.2 Å². The van der Waals surface area contributed by atoms with E-state index in [1.54, 1.807) is 17.1 Å². The van der Waals surface area contributed by atoms with E-state index in [1.165, 1.54) is 0 Å². The lowest BCUT2D eigenvalue weighted by Gasteiger charge is -2.09. The van der Waals surface area contributed by atoms with Gasteiger partial charge in [0.1, 0.15) is 17.6 Å². The minimum Gasteiger partial charge on any atom is -0.481 e. The summed E-state index contributed by atoms with van der Waals surface area (Å²) < 4.78 is 1.80. The van der Waals surface area contributed by atoms with Crippen LogP contribution in [0.15, 0.2) is 48.9 Å². The van der Waals surface area contributed by atoms with Crippen molar-refractivity contribution in [3.8, 4) is 5.82 Å². The molecular formula is C19H20N4O2. The Morgan fingerprint density at radius 1 is 1.32 bits per heavy atom. The molecule has 2 atom stereocenters. The summed E-state index contributed by atoms with van der Waals surface area (Å²) in [5.74, 6) is 0.0462. The smallest absolute Gasteiger partial charge is 0.316 e. The van der Waals surface area contributed by atoms with Crippen molar-refractivity contribution < 1.29 is 9.90 Å². The van der Waals surface area contributed by atoms with Crippen LogP contribution in [0.25, 0.3) is 16.7 Å². The van der Waals surface area contributed by atoms with Gasteiger partial charge in [0.25, 0.3) is 0 Å². The molecule has 3 N–H and O–H groups in total. The molecule has 25 heavy (non-hydrogen) atoms. The maximum absolute atomic E-state index is 11.9. The molecule has 1 saturated carbocycles. The third-order valence-electron chi connectivity index (χ3n) is 5.13. The minimum atomic E-state index is -0.864. The van der Waals surface area contributed by atoms with E-state index in [2.05, 4.69) is 9.97 Å². The fraction of sp³-hybridized carbons (Fsp3) is 0.316. The van der Waals surface area contributed by atoms with Crippen molar-refractivity contribution >= 4 is 16.9 Å². The van der Waals surface area contributed by atoms with Crippen molar-refractivity contribution in [2.24, 2.45) is 11.7 Å². The molecule has 0 amide bonds. The Kier molecular flexibility index (Phi) is 3.77. The molecule has 128 valence electrons. The van der Waals surface area contributed by atoms with Crippen LogP contribution in [0.5, 0.6) is 0 Å². The number of carboxylic acid groups (broad SMARTS) is 1. The first-order valence-electron chi connectivity index (χ1n) is 8.49. The van der Waals surface area contributed by atoms with Gasteiger partial charge in [0, 0.05) is 11.6 Å². The average molecular weight is 336 g/mol. The van der Waals surface area contributed by atoms with Crippen molar-refractivity contribution in [1.82, 2.24) is 14.5 Å². The molecule has 0 saturated heterocycles. The predicted octanol–water partition coefficient (Wildman–Crippen LogP) is 2.50. The Hall–Kier alpha value is -2.73.